The van der Waals surface area contributed by atoms with Gasteiger partial charge in [0.15, 0.2) is 0 Å². The molecule has 0 radical (unpaired) electrons. The van der Waals surface area contributed by atoms with Crippen molar-refractivity contribution in [3.8, 4) is 0 Å². The molecule has 1 aromatic heterocycles. The van der Waals surface area contributed by atoms with Crippen LogP contribution in [0.3, 0.4) is 0 Å². The molecule has 0 amide bonds. The third kappa shape index (κ3) is 2.40. The summed E-state index contributed by atoms with van der Waals surface area (Å²) in [5.41, 5.74) is 0.269. The molecular formula is C11H8BrClN2O2. The summed E-state index contributed by atoms with van der Waals surface area (Å²) in [7, 11) is 0. The van der Waals surface area contributed by atoms with Gasteiger partial charge in [-0.3, -0.25) is 14.2 Å². The molecule has 0 aliphatic heterocycles. The van der Waals surface area contributed by atoms with Crippen molar-refractivity contribution in [2.24, 2.45) is 0 Å². The number of ketones is 1. The van der Waals surface area contributed by atoms with Crippen molar-refractivity contribution in [3.63, 3.8) is 0 Å². The highest BCUT2D eigenvalue weighted by molar-refractivity contribution is 9.10. The van der Waals surface area contributed by atoms with Crippen molar-refractivity contribution in [2.75, 3.05) is 0 Å². The van der Waals surface area contributed by atoms with Gasteiger partial charge in [0, 0.05) is 4.47 Å². The van der Waals surface area contributed by atoms with E-state index in [1.165, 1.54) is 17.8 Å². The number of carbonyl (C=O) groups excluding carboxylic acids is 1. The summed E-state index contributed by atoms with van der Waals surface area (Å²) in [5.74, 6) is -0.0960. The molecule has 0 spiro atoms. The van der Waals surface area contributed by atoms with Crippen molar-refractivity contribution < 1.29 is 4.79 Å². The van der Waals surface area contributed by atoms with Gasteiger partial charge in [0.1, 0.15) is 5.78 Å². The molecule has 2 aromatic rings. The van der Waals surface area contributed by atoms with Gasteiger partial charge < -0.3 is 0 Å². The van der Waals surface area contributed by atoms with Crippen molar-refractivity contribution >= 4 is 44.2 Å². The van der Waals surface area contributed by atoms with E-state index >= 15 is 0 Å². The average molecular weight is 316 g/mol. The van der Waals surface area contributed by atoms with E-state index in [4.69, 9.17) is 11.6 Å². The number of benzene rings is 1. The molecule has 0 saturated carbocycles. The van der Waals surface area contributed by atoms with Crippen LogP contribution in [-0.2, 0) is 11.3 Å². The minimum absolute atomic E-state index is 0.0298. The van der Waals surface area contributed by atoms with Crippen molar-refractivity contribution in [1.29, 1.82) is 0 Å². The minimum Gasteiger partial charge on any atom is -0.298 e. The van der Waals surface area contributed by atoms with Crippen molar-refractivity contribution in [3.05, 3.63) is 38.3 Å². The van der Waals surface area contributed by atoms with Gasteiger partial charge in [-0.15, -0.1) is 0 Å². The molecule has 0 saturated heterocycles. The summed E-state index contributed by atoms with van der Waals surface area (Å²) in [6.45, 7) is 1.45. The number of carbonyl (C=O) groups is 1. The highest BCUT2D eigenvalue weighted by Gasteiger charge is 2.08. The molecule has 0 aliphatic carbocycles. The fourth-order valence-corrected chi connectivity index (χ4v) is 2.01. The van der Waals surface area contributed by atoms with Crippen LogP contribution in [0.2, 0.25) is 5.02 Å². The maximum atomic E-state index is 12.0. The number of nitrogens with zero attached hydrogens (tertiary/aromatic N) is 2. The lowest BCUT2D eigenvalue weighted by Gasteiger charge is -2.05. The van der Waals surface area contributed by atoms with Crippen LogP contribution in [0, 0.1) is 0 Å². The zero-order valence-corrected chi connectivity index (χ0v) is 11.2. The van der Waals surface area contributed by atoms with Gasteiger partial charge in [-0.1, -0.05) is 11.6 Å². The molecule has 1 aromatic carbocycles. The summed E-state index contributed by atoms with van der Waals surface area (Å²) in [5, 5.41) is 0.929. The van der Waals surface area contributed by atoms with E-state index in [0.29, 0.717) is 20.4 Å². The van der Waals surface area contributed by atoms with Crippen LogP contribution in [0.1, 0.15) is 6.92 Å². The number of hydrogen-bond acceptors (Lipinski definition) is 3. The molecule has 0 unspecified atom stereocenters. The monoisotopic (exact) mass is 314 g/mol. The smallest absolute Gasteiger partial charge is 0.261 e. The lowest BCUT2D eigenvalue weighted by Crippen LogP contribution is -2.23. The van der Waals surface area contributed by atoms with Crippen LogP contribution in [0.25, 0.3) is 10.9 Å². The van der Waals surface area contributed by atoms with E-state index < -0.39 is 0 Å². The van der Waals surface area contributed by atoms with Gasteiger partial charge in [-0.2, -0.15) is 0 Å². The normalized spacial score (nSPS) is 10.8. The Bertz CT molecular complexity index is 666. The summed E-state index contributed by atoms with van der Waals surface area (Å²) in [6.07, 6.45) is 1.36. The molecule has 0 N–H and O–H groups in total. The Morgan fingerprint density at radius 3 is 2.88 bits per heavy atom. The molecule has 6 heteroatoms. The predicted octanol–water partition coefficient (Wildman–Crippen LogP) is 2.40. The van der Waals surface area contributed by atoms with E-state index in [1.807, 2.05) is 0 Å². The largest absolute Gasteiger partial charge is 0.298 e. The highest BCUT2D eigenvalue weighted by Crippen LogP contribution is 2.25. The standard InChI is InChI=1S/C11H8BrClN2O2/c1-6(16)4-15-5-14-10-3-9(13)8(12)2-7(10)11(15)17/h2-3,5H,4H2,1H3. The second-order valence-corrected chi connectivity index (χ2v) is 4.92. The lowest BCUT2D eigenvalue weighted by atomic mass is 10.2. The number of halogens is 2. The van der Waals surface area contributed by atoms with Crippen LogP contribution in [0.4, 0.5) is 0 Å². The molecule has 2 rings (SSSR count). The molecule has 88 valence electrons. The van der Waals surface area contributed by atoms with Crippen LogP contribution < -0.4 is 5.56 Å². The van der Waals surface area contributed by atoms with E-state index in [2.05, 4.69) is 20.9 Å². The number of hydrogen-bond donors (Lipinski definition) is 0. The molecule has 4 nitrogen and oxygen atoms in total. The SMILES string of the molecule is CC(=O)Cn1cnc2cc(Cl)c(Br)cc2c1=O. The topological polar surface area (TPSA) is 52.0 Å². The molecule has 0 atom stereocenters. The fraction of sp³-hybridized carbons (Fsp3) is 0.182. The molecule has 0 fully saturated rings. The quantitative estimate of drug-likeness (QED) is 0.855. The third-order valence-corrected chi connectivity index (χ3v) is 3.46. The minimum atomic E-state index is -0.248. The lowest BCUT2D eigenvalue weighted by molar-refractivity contribution is -0.117. The second-order valence-electron chi connectivity index (χ2n) is 3.66. The Hall–Kier alpha value is -1.20. The fourth-order valence-electron chi connectivity index (χ4n) is 1.51. The van der Waals surface area contributed by atoms with Crippen LogP contribution in [0.15, 0.2) is 27.7 Å². The van der Waals surface area contributed by atoms with Gasteiger partial charge in [-0.25, -0.2) is 4.98 Å². The first-order chi connectivity index (χ1) is 7.99. The van der Waals surface area contributed by atoms with E-state index in [-0.39, 0.29) is 17.9 Å². The van der Waals surface area contributed by atoms with Crippen LogP contribution in [0.5, 0.6) is 0 Å². The summed E-state index contributed by atoms with van der Waals surface area (Å²) < 4.78 is 1.91. The Balaban J connectivity index is 2.71. The number of Topliss-reactive ketones (excluding diaryl/α,β-unsaturated/α-hetero) is 1. The average Bonchev–Trinajstić information content (AvgIpc) is 2.25. The first-order valence-corrected chi connectivity index (χ1v) is 6.00. The van der Waals surface area contributed by atoms with Crippen molar-refractivity contribution in [2.45, 2.75) is 13.5 Å². The maximum Gasteiger partial charge on any atom is 0.261 e. The van der Waals surface area contributed by atoms with E-state index in [9.17, 15) is 9.59 Å². The number of aromatic nitrogens is 2. The zero-order chi connectivity index (χ0) is 12.6. The Labute approximate surface area is 110 Å². The predicted molar refractivity (Wildman–Crippen MR) is 69.4 cm³/mol. The van der Waals surface area contributed by atoms with Gasteiger partial charge in [-0.05, 0) is 35.0 Å². The summed E-state index contributed by atoms with van der Waals surface area (Å²) in [4.78, 5) is 27.1. The van der Waals surface area contributed by atoms with Gasteiger partial charge in [0.25, 0.3) is 5.56 Å². The van der Waals surface area contributed by atoms with Crippen LogP contribution >= 0.6 is 27.5 Å². The summed E-state index contributed by atoms with van der Waals surface area (Å²) in [6, 6.07) is 3.23. The van der Waals surface area contributed by atoms with Crippen molar-refractivity contribution in [1.82, 2.24) is 9.55 Å². The first-order valence-electron chi connectivity index (χ1n) is 4.82. The highest BCUT2D eigenvalue weighted by atomic mass is 79.9. The van der Waals surface area contributed by atoms with Gasteiger partial charge in [0.2, 0.25) is 0 Å². The van der Waals surface area contributed by atoms with Gasteiger partial charge in [0.05, 0.1) is 28.8 Å². The van der Waals surface area contributed by atoms with Gasteiger partial charge >= 0.3 is 0 Å². The molecular weight excluding hydrogens is 307 g/mol. The number of rotatable bonds is 2. The van der Waals surface area contributed by atoms with E-state index in [0.717, 1.165) is 0 Å². The molecule has 0 aliphatic rings. The van der Waals surface area contributed by atoms with E-state index in [1.54, 1.807) is 12.1 Å². The Morgan fingerprint density at radius 2 is 2.24 bits per heavy atom. The zero-order valence-electron chi connectivity index (χ0n) is 8.91. The number of fused-ring (bicyclic) bond motifs is 1. The molecule has 17 heavy (non-hydrogen) atoms. The Kier molecular flexibility index (Phi) is 3.31. The van der Waals surface area contributed by atoms with Crippen LogP contribution in [-0.4, -0.2) is 15.3 Å². The molecule has 0 bridgehead atoms. The third-order valence-electron chi connectivity index (χ3n) is 2.26. The maximum absolute atomic E-state index is 12.0. The summed E-state index contributed by atoms with van der Waals surface area (Å²) >= 11 is 9.17. The molecule has 1 heterocycles. The second kappa shape index (κ2) is 4.58. The first kappa shape index (κ1) is 12.3. The Morgan fingerprint density at radius 1 is 1.53 bits per heavy atom.